The molecule has 3 nitrogen and oxygen atoms in total. The highest BCUT2D eigenvalue weighted by atomic mass is 16.5. The first kappa shape index (κ1) is 8.70. The van der Waals surface area contributed by atoms with Gasteiger partial charge in [-0.2, -0.15) is 5.26 Å². The lowest BCUT2D eigenvalue weighted by Crippen LogP contribution is -2.10. The van der Waals surface area contributed by atoms with Gasteiger partial charge in [-0.05, 0) is 13.0 Å². The van der Waals surface area contributed by atoms with Gasteiger partial charge in [0, 0.05) is 6.92 Å². The largest absolute Gasteiger partial charge is 0.443 e. The van der Waals surface area contributed by atoms with E-state index in [1.807, 2.05) is 0 Å². The Hall–Kier alpha value is -1.30. The van der Waals surface area contributed by atoms with Crippen LogP contribution in [-0.2, 0) is 9.53 Å². The molecule has 0 saturated carbocycles. The number of nitriles is 1. The minimum absolute atomic E-state index is 0.440. The first-order chi connectivity index (χ1) is 4.70. The molecule has 0 aliphatic carbocycles. The second-order valence-electron chi connectivity index (χ2n) is 1.68. The second kappa shape index (κ2) is 4.57. The van der Waals surface area contributed by atoms with Crippen LogP contribution in [0.25, 0.3) is 0 Å². The van der Waals surface area contributed by atoms with Crippen LogP contribution in [0.1, 0.15) is 13.8 Å². The fourth-order valence-electron chi connectivity index (χ4n) is 0.462. The molecule has 54 valence electrons. The number of esters is 1. The first-order valence-corrected chi connectivity index (χ1v) is 2.90. The van der Waals surface area contributed by atoms with Crippen LogP contribution in [0.5, 0.6) is 0 Å². The van der Waals surface area contributed by atoms with Gasteiger partial charge >= 0.3 is 5.97 Å². The van der Waals surface area contributed by atoms with Crippen LogP contribution in [0.15, 0.2) is 12.2 Å². The molecule has 0 radical (unpaired) electrons. The van der Waals surface area contributed by atoms with Crippen LogP contribution < -0.4 is 0 Å². The van der Waals surface area contributed by atoms with E-state index in [9.17, 15) is 4.79 Å². The molecule has 10 heavy (non-hydrogen) atoms. The standard InChI is InChI=1S/C7H9NO2/c1-3-4-7(5-8)10-6(2)9/h3-4,7H,1-2H3/b4-3+. The maximum atomic E-state index is 10.3. The summed E-state index contributed by atoms with van der Waals surface area (Å²) in [5.74, 6) is -0.440. The van der Waals surface area contributed by atoms with Crippen molar-refractivity contribution < 1.29 is 9.53 Å². The SMILES string of the molecule is C/C=C/C(C#N)OC(C)=O. The van der Waals surface area contributed by atoms with Crippen LogP contribution in [-0.4, -0.2) is 12.1 Å². The van der Waals surface area contributed by atoms with Crippen molar-refractivity contribution in [1.29, 1.82) is 5.26 Å². The Bertz CT molecular complexity index is 179. The van der Waals surface area contributed by atoms with E-state index in [1.165, 1.54) is 13.0 Å². The van der Waals surface area contributed by atoms with E-state index < -0.39 is 12.1 Å². The zero-order chi connectivity index (χ0) is 7.98. The molecule has 0 aliphatic rings. The molecular formula is C7H9NO2. The van der Waals surface area contributed by atoms with E-state index in [0.29, 0.717) is 0 Å². The highest BCUT2D eigenvalue weighted by Crippen LogP contribution is 1.92. The Morgan fingerprint density at radius 3 is 2.70 bits per heavy atom. The fraction of sp³-hybridized carbons (Fsp3) is 0.429. The highest BCUT2D eigenvalue weighted by Gasteiger charge is 2.03. The van der Waals surface area contributed by atoms with E-state index in [1.54, 1.807) is 19.1 Å². The summed E-state index contributed by atoms with van der Waals surface area (Å²) in [6.45, 7) is 3.03. The van der Waals surface area contributed by atoms with Crippen molar-refractivity contribution >= 4 is 5.97 Å². The van der Waals surface area contributed by atoms with Gasteiger partial charge in [0.25, 0.3) is 0 Å². The van der Waals surface area contributed by atoms with Crippen molar-refractivity contribution in [3.05, 3.63) is 12.2 Å². The average molecular weight is 139 g/mol. The Kier molecular flexibility index (Phi) is 3.97. The van der Waals surface area contributed by atoms with E-state index >= 15 is 0 Å². The number of carbonyl (C=O) groups excluding carboxylic acids is 1. The lowest BCUT2D eigenvalue weighted by atomic mass is 10.3. The molecule has 0 spiro atoms. The van der Waals surface area contributed by atoms with Crippen molar-refractivity contribution in [2.45, 2.75) is 20.0 Å². The minimum Gasteiger partial charge on any atom is -0.443 e. The lowest BCUT2D eigenvalue weighted by Gasteiger charge is -2.01. The number of nitrogens with zero attached hydrogens (tertiary/aromatic N) is 1. The van der Waals surface area contributed by atoms with E-state index in [4.69, 9.17) is 5.26 Å². The summed E-state index contributed by atoms with van der Waals surface area (Å²) < 4.78 is 4.55. The van der Waals surface area contributed by atoms with Crippen LogP contribution >= 0.6 is 0 Å². The molecule has 0 heterocycles. The fourth-order valence-corrected chi connectivity index (χ4v) is 0.462. The summed E-state index contributed by atoms with van der Waals surface area (Å²) in [4.78, 5) is 10.3. The van der Waals surface area contributed by atoms with Gasteiger partial charge in [0.05, 0.1) is 0 Å². The van der Waals surface area contributed by atoms with Gasteiger partial charge in [0.1, 0.15) is 6.07 Å². The number of allylic oxidation sites excluding steroid dienone is 1. The molecule has 0 fully saturated rings. The molecular weight excluding hydrogens is 130 g/mol. The Balaban J connectivity index is 3.87. The van der Waals surface area contributed by atoms with Gasteiger partial charge < -0.3 is 4.74 Å². The van der Waals surface area contributed by atoms with Gasteiger partial charge in [-0.15, -0.1) is 0 Å². The van der Waals surface area contributed by atoms with Crippen LogP contribution in [0.3, 0.4) is 0 Å². The lowest BCUT2D eigenvalue weighted by molar-refractivity contribution is -0.142. The molecule has 0 bridgehead atoms. The molecule has 1 unspecified atom stereocenters. The Labute approximate surface area is 59.9 Å². The number of rotatable bonds is 2. The third-order valence-corrected chi connectivity index (χ3v) is 0.787. The van der Waals surface area contributed by atoms with Crippen LogP contribution in [0, 0.1) is 11.3 Å². The molecule has 0 amide bonds. The predicted molar refractivity (Wildman–Crippen MR) is 36.0 cm³/mol. The van der Waals surface area contributed by atoms with Gasteiger partial charge in [-0.25, -0.2) is 0 Å². The van der Waals surface area contributed by atoms with Gasteiger partial charge in [0.15, 0.2) is 0 Å². The van der Waals surface area contributed by atoms with Crippen molar-refractivity contribution in [2.24, 2.45) is 0 Å². The molecule has 0 aromatic rings. The molecule has 0 rings (SSSR count). The summed E-state index contributed by atoms with van der Waals surface area (Å²) in [7, 11) is 0. The van der Waals surface area contributed by atoms with Gasteiger partial charge in [0.2, 0.25) is 6.10 Å². The third kappa shape index (κ3) is 3.67. The molecule has 1 atom stereocenters. The molecule has 3 heteroatoms. The highest BCUT2D eigenvalue weighted by molar-refractivity contribution is 5.66. The van der Waals surface area contributed by atoms with Crippen molar-refractivity contribution in [3.8, 4) is 6.07 Å². The quantitative estimate of drug-likeness (QED) is 0.424. The summed E-state index contributed by atoms with van der Waals surface area (Å²) in [6.07, 6.45) is 2.44. The zero-order valence-corrected chi connectivity index (χ0v) is 6.00. The summed E-state index contributed by atoms with van der Waals surface area (Å²) in [5, 5.41) is 8.33. The average Bonchev–Trinajstić information content (AvgIpc) is 1.86. The topological polar surface area (TPSA) is 50.1 Å². The van der Waals surface area contributed by atoms with Gasteiger partial charge in [-0.3, -0.25) is 4.79 Å². The summed E-state index contributed by atoms with van der Waals surface area (Å²) >= 11 is 0. The van der Waals surface area contributed by atoms with Crippen molar-refractivity contribution in [2.75, 3.05) is 0 Å². The van der Waals surface area contributed by atoms with Crippen LogP contribution in [0.2, 0.25) is 0 Å². The normalized spacial score (nSPS) is 12.5. The smallest absolute Gasteiger partial charge is 0.304 e. The Morgan fingerprint density at radius 2 is 2.40 bits per heavy atom. The second-order valence-corrected chi connectivity index (χ2v) is 1.68. The summed E-state index contributed by atoms with van der Waals surface area (Å²) in [5.41, 5.74) is 0. The van der Waals surface area contributed by atoms with Crippen LogP contribution in [0.4, 0.5) is 0 Å². The third-order valence-electron chi connectivity index (χ3n) is 0.787. The number of ether oxygens (including phenoxy) is 1. The number of hydrogen-bond acceptors (Lipinski definition) is 3. The molecule has 0 N–H and O–H groups in total. The number of hydrogen-bond donors (Lipinski definition) is 0. The summed E-state index contributed by atoms with van der Waals surface area (Å²) in [6, 6.07) is 1.80. The number of carbonyl (C=O) groups is 1. The predicted octanol–water partition coefficient (Wildman–Crippen LogP) is 1.02. The Morgan fingerprint density at radius 1 is 1.80 bits per heavy atom. The van der Waals surface area contributed by atoms with E-state index in [2.05, 4.69) is 4.74 Å². The minimum atomic E-state index is -0.734. The van der Waals surface area contributed by atoms with Gasteiger partial charge in [-0.1, -0.05) is 6.08 Å². The van der Waals surface area contributed by atoms with Crippen molar-refractivity contribution in [3.63, 3.8) is 0 Å². The molecule has 0 aromatic heterocycles. The van der Waals surface area contributed by atoms with Crippen molar-refractivity contribution in [1.82, 2.24) is 0 Å². The maximum absolute atomic E-state index is 10.3. The zero-order valence-electron chi connectivity index (χ0n) is 6.00. The molecule has 0 saturated heterocycles. The molecule has 0 aromatic carbocycles. The first-order valence-electron chi connectivity index (χ1n) is 2.90. The monoisotopic (exact) mass is 139 g/mol. The van der Waals surface area contributed by atoms with E-state index in [0.717, 1.165) is 0 Å². The maximum Gasteiger partial charge on any atom is 0.304 e. The molecule has 0 aliphatic heterocycles. The van der Waals surface area contributed by atoms with E-state index in [-0.39, 0.29) is 0 Å².